The first-order valence-electron chi connectivity index (χ1n) is 6.77. The van der Waals surface area contributed by atoms with Crippen LogP contribution in [0.4, 0.5) is 4.79 Å². The molecule has 0 heterocycles. The van der Waals surface area contributed by atoms with E-state index in [4.69, 9.17) is 5.11 Å². The van der Waals surface area contributed by atoms with E-state index in [1.165, 1.54) is 0 Å². The fraction of sp³-hybridized carbons (Fsp3) is 0.846. The van der Waals surface area contributed by atoms with Gasteiger partial charge in [-0.25, -0.2) is 9.59 Å². The average molecular weight is 305 g/mol. The van der Waals surface area contributed by atoms with Gasteiger partial charge in [-0.15, -0.1) is 0 Å². The molecule has 0 aromatic rings. The molecule has 0 saturated carbocycles. The van der Waals surface area contributed by atoms with Crippen LogP contribution < -0.4 is 5.32 Å². The van der Waals surface area contributed by atoms with E-state index in [1.54, 1.807) is 16.7 Å². The van der Waals surface area contributed by atoms with Crippen molar-refractivity contribution in [3.05, 3.63) is 0 Å². The summed E-state index contributed by atoms with van der Waals surface area (Å²) in [7, 11) is 3.89. The Morgan fingerprint density at radius 1 is 1.35 bits per heavy atom. The third-order valence-corrected chi connectivity index (χ3v) is 3.61. The Labute approximate surface area is 125 Å². The van der Waals surface area contributed by atoms with E-state index >= 15 is 0 Å². The molecule has 6 nitrogen and oxygen atoms in total. The molecule has 0 aromatic heterocycles. The molecule has 0 aliphatic rings. The highest BCUT2D eigenvalue weighted by molar-refractivity contribution is 7.98. The van der Waals surface area contributed by atoms with Gasteiger partial charge in [0.15, 0.2) is 0 Å². The van der Waals surface area contributed by atoms with Gasteiger partial charge in [0.25, 0.3) is 0 Å². The topological polar surface area (TPSA) is 72.9 Å². The van der Waals surface area contributed by atoms with Crippen LogP contribution in [0.5, 0.6) is 0 Å². The number of amides is 2. The smallest absolute Gasteiger partial charge is 0.326 e. The predicted molar refractivity (Wildman–Crippen MR) is 83.4 cm³/mol. The minimum atomic E-state index is -0.983. The first kappa shape index (κ1) is 19.1. The highest BCUT2D eigenvalue weighted by Gasteiger charge is 2.24. The Morgan fingerprint density at radius 3 is 2.35 bits per heavy atom. The van der Waals surface area contributed by atoms with Crippen molar-refractivity contribution in [3.8, 4) is 0 Å². The maximum atomic E-state index is 12.2. The van der Waals surface area contributed by atoms with Crippen LogP contribution in [0.3, 0.4) is 0 Å². The maximum Gasteiger partial charge on any atom is 0.326 e. The molecule has 7 heteroatoms. The largest absolute Gasteiger partial charge is 0.480 e. The number of rotatable bonds is 9. The van der Waals surface area contributed by atoms with Gasteiger partial charge in [0.05, 0.1) is 0 Å². The van der Waals surface area contributed by atoms with E-state index in [2.05, 4.69) is 5.32 Å². The maximum absolute atomic E-state index is 12.2. The number of hydrogen-bond acceptors (Lipinski definition) is 4. The number of urea groups is 1. The second-order valence-corrected chi connectivity index (χ2v) is 6.00. The Hall–Kier alpha value is -0.950. The summed E-state index contributed by atoms with van der Waals surface area (Å²) in [5.74, 6) is -0.278. The molecule has 2 atom stereocenters. The SMILES string of the molecule is CCN(C(=O)NC(CCSC)C(=O)O)C(C)CN(C)C. The molecule has 0 saturated heterocycles. The van der Waals surface area contributed by atoms with E-state index in [0.29, 0.717) is 18.7 Å². The van der Waals surface area contributed by atoms with Crippen molar-refractivity contribution in [2.24, 2.45) is 0 Å². The van der Waals surface area contributed by atoms with Crippen molar-refractivity contribution >= 4 is 23.8 Å². The minimum absolute atomic E-state index is 0.0324. The summed E-state index contributed by atoms with van der Waals surface area (Å²) in [5, 5.41) is 11.7. The van der Waals surface area contributed by atoms with Gasteiger partial charge >= 0.3 is 12.0 Å². The molecule has 0 aliphatic heterocycles. The number of nitrogens with zero attached hydrogens (tertiary/aromatic N) is 2. The molecule has 0 radical (unpaired) electrons. The van der Waals surface area contributed by atoms with Crippen LogP contribution in [0.1, 0.15) is 20.3 Å². The average Bonchev–Trinajstić information content (AvgIpc) is 2.33. The Kier molecular flexibility index (Phi) is 9.41. The molecule has 0 rings (SSSR count). The zero-order valence-electron chi connectivity index (χ0n) is 13.0. The number of thioether (sulfide) groups is 1. The van der Waals surface area contributed by atoms with E-state index in [-0.39, 0.29) is 12.1 Å². The van der Waals surface area contributed by atoms with Gasteiger partial charge in [-0.05, 0) is 46.4 Å². The molecular weight excluding hydrogens is 278 g/mol. The first-order chi connectivity index (χ1) is 9.33. The zero-order chi connectivity index (χ0) is 15.7. The summed E-state index contributed by atoms with van der Waals surface area (Å²) in [6, 6.07) is -1.10. The number of hydrogen-bond donors (Lipinski definition) is 2. The Morgan fingerprint density at radius 2 is 1.95 bits per heavy atom. The summed E-state index contributed by atoms with van der Waals surface area (Å²) in [5.41, 5.74) is 0. The van der Waals surface area contributed by atoms with Gasteiger partial charge in [0.2, 0.25) is 0 Å². The molecule has 2 amide bonds. The number of carbonyl (C=O) groups excluding carboxylic acids is 1. The number of aliphatic carboxylic acids is 1. The lowest BCUT2D eigenvalue weighted by Crippen LogP contribution is -2.52. The first-order valence-corrected chi connectivity index (χ1v) is 8.16. The van der Waals surface area contributed by atoms with Crippen LogP contribution in [0.2, 0.25) is 0 Å². The molecule has 0 spiro atoms. The number of nitrogens with one attached hydrogen (secondary N) is 1. The summed E-state index contributed by atoms with van der Waals surface area (Å²) in [4.78, 5) is 27.0. The fourth-order valence-electron chi connectivity index (χ4n) is 2.01. The number of likely N-dealkylation sites (N-methyl/N-ethyl adjacent to an activating group) is 2. The van der Waals surface area contributed by atoms with Crippen LogP contribution >= 0.6 is 11.8 Å². The number of carboxylic acid groups (broad SMARTS) is 1. The van der Waals surface area contributed by atoms with Gasteiger partial charge in [-0.3, -0.25) is 0 Å². The monoisotopic (exact) mass is 305 g/mol. The van der Waals surface area contributed by atoms with Gasteiger partial charge in [-0.2, -0.15) is 11.8 Å². The highest BCUT2D eigenvalue weighted by atomic mass is 32.2. The van der Waals surface area contributed by atoms with Crippen molar-refractivity contribution in [2.75, 3.05) is 39.2 Å². The molecule has 118 valence electrons. The molecule has 20 heavy (non-hydrogen) atoms. The zero-order valence-corrected chi connectivity index (χ0v) is 13.9. The van der Waals surface area contributed by atoms with Crippen molar-refractivity contribution in [2.45, 2.75) is 32.4 Å². The third kappa shape index (κ3) is 7.00. The lowest BCUT2D eigenvalue weighted by molar-refractivity contribution is -0.139. The quantitative estimate of drug-likeness (QED) is 0.669. The normalized spacial score (nSPS) is 13.9. The van der Waals surface area contributed by atoms with E-state index < -0.39 is 12.0 Å². The van der Waals surface area contributed by atoms with Crippen LogP contribution in [-0.4, -0.2) is 78.2 Å². The summed E-state index contributed by atoms with van der Waals surface area (Å²) in [6.07, 6.45) is 2.35. The Balaban J connectivity index is 4.61. The molecule has 0 fully saturated rings. The standard InChI is InChI=1S/C13H27N3O3S/c1-6-16(10(2)9-15(3)4)13(19)14-11(12(17)18)7-8-20-5/h10-11H,6-9H2,1-5H3,(H,14,19)(H,17,18). The van der Waals surface area contributed by atoms with Gasteiger partial charge in [-0.1, -0.05) is 0 Å². The molecule has 0 aromatic carbocycles. The summed E-state index contributed by atoms with van der Waals surface area (Å²) < 4.78 is 0. The van der Waals surface area contributed by atoms with E-state index in [0.717, 1.165) is 6.54 Å². The molecular formula is C13H27N3O3S. The van der Waals surface area contributed by atoms with Crippen LogP contribution in [0.15, 0.2) is 0 Å². The highest BCUT2D eigenvalue weighted by Crippen LogP contribution is 2.05. The predicted octanol–water partition coefficient (Wildman–Crippen LogP) is 1.17. The fourth-order valence-corrected chi connectivity index (χ4v) is 2.48. The van der Waals surface area contributed by atoms with Crippen molar-refractivity contribution in [1.82, 2.24) is 15.1 Å². The number of carbonyl (C=O) groups is 2. The van der Waals surface area contributed by atoms with E-state index in [1.807, 2.05) is 39.1 Å². The van der Waals surface area contributed by atoms with Crippen LogP contribution in [-0.2, 0) is 4.79 Å². The van der Waals surface area contributed by atoms with Crippen molar-refractivity contribution in [3.63, 3.8) is 0 Å². The van der Waals surface area contributed by atoms with Gasteiger partial charge < -0.3 is 20.2 Å². The van der Waals surface area contributed by atoms with Crippen molar-refractivity contribution in [1.29, 1.82) is 0 Å². The Bertz CT molecular complexity index is 313. The van der Waals surface area contributed by atoms with E-state index in [9.17, 15) is 9.59 Å². The van der Waals surface area contributed by atoms with Crippen LogP contribution in [0, 0.1) is 0 Å². The number of carboxylic acids is 1. The van der Waals surface area contributed by atoms with Gasteiger partial charge in [0.1, 0.15) is 6.04 Å². The third-order valence-electron chi connectivity index (χ3n) is 2.97. The molecule has 2 N–H and O–H groups in total. The minimum Gasteiger partial charge on any atom is -0.480 e. The lowest BCUT2D eigenvalue weighted by atomic mass is 10.2. The molecule has 0 aliphatic carbocycles. The van der Waals surface area contributed by atoms with Crippen LogP contribution in [0.25, 0.3) is 0 Å². The second-order valence-electron chi connectivity index (χ2n) is 5.02. The second kappa shape index (κ2) is 9.88. The lowest BCUT2D eigenvalue weighted by Gasteiger charge is -2.31. The molecule has 0 bridgehead atoms. The summed E-state index contributed by atoms with van der Waals surface area (Å²) >= 11 is 1.57. The van der Waals surface area contributed by atoms with Crippen molar-refractivity contribution < 1.29 is 14.7 Å². The van der Waals surface area contributed by atoms with Gasteiger partial charge in [0, 0.05) is 19.1 Å². The summed E-state index contributed by atoms with van der Waals surface area (Å²) in [6.45, 7) is 5.14. The molecule has 2 unspecified atom stereocenters.